The lowest BCUT2D eigenvalue weighted by molar-refractivity contribution is -0.144. The largest absolute Gasteiger partial charge is 0.348 e. The number of nitrogens with one attached hydrogen (secondary N) is 1. The van der Waals surface area contributed by atoms with Crippen LogP contribution in [-0.2, 0) is 14.4 Å². The fourth-order valence-corrected chi connectivity index (χ4v) is 2.90. The number of nitrogens with zero attached hydrogens (tertiary/aromatic N) is 2. The van der Waals surface area contributed by atoms with Crippen molar-refractivity contribution in [2.75, 3.05) is 13.1 Å². The maximum absolute atomic E-state index is 12.4. The smallest absolute Gasteiger partial charge is 0.334 e. The summed E-state index contributed by atoms with van der Waals surface area (Å²) in [6.45, 7) is 5.40. The van der Waals surface area contributed by atoms with E-state index in [1.165, 1.54) is 0 Å². The highest BCUT2D eigenvalue weighted by Crippen LogP contribution is 2.19. The molecule has 1 fully saturated rings. The van der Waals surface area contributed by atoms with E-state index in [0.717, 1.165) is 23.3 Å². The molecule has 2 rings (SSSR count). The van der Waals surface area contributed by atoms with Gasteiger partial charge in [0.25, 0.3) is 0 Å². The molecule has 1 atom stereocenters. The van der Waals surface area contributed by atoms with E-state index in [-0.39, 0.29) is 18.5 Å². The van der Waals surface area contributed by atoms with Gasteiger partial charge in [-0.1, -0.05) is 57.5 Å². The van der Waals surface area contributed by atoms with Crippen molar-refractivity contribution in [2.45, 2.75) is 39.7 Å². The molecule has 1 aromatic rings. The lowest BCUT2D eigenvalue weighted by atomic mass is 10.0. The number of hydrogen-bond donors (Lipinski definition) is 1. The molecule has 0 aromatic heterocycles. The zero-order valence-electron chi connectivity index (χ0n) is 15.4. The minimum atomic E-state index is -0.947. The van der Waals surface area contributed by atoms with E-state index in [2.05, 4.69) is 5.32 Å². The van der Waals surface area contributed by atoms with Gasteiger partial charge in [-0.2, -0.15) is 0 Å². The van der Waals surface area contributed by atoms with Gasteiger partial charge in [0.2, 0.25) is 5.91 Å². The minimum Gasteiger partial charge on any atom is -0.348 e. The predicted molar refractivity (Wildman–Crippen MR) is 95.9 cm³/mol. The zero-order chi connectivity index (χ0) is 19.3. The summed E-state index contributed by atoms with van der Waals surface area (Å²) in [5.41, 5.74) is 0.958. The SMILES string of the molecule is CCC[C@H](NC(=O)CN1C(=O)C(=O)N(CC(C)C)C1=O)c1ccccc1. The number of carbonyl (C=O) groups is 4. The molecular formula is C19H25N3O4. The van der Waals surface area contributed by atoms with E-state index in [9.17, 15) is 19.2 Å². The lowest BCUT2D eigenvalue weighted by Crippen LogP contribution is -2.42. The molecule has 1 aliphatic rings. The molecule has 5 amide bonds. The Hall–Kier alpha value is -2.70. The van der Waals surface area contributed by atoms with Crippen molar-refractivity contribution in [1.29, 1.82) is 0 Å². The van der Waals surface area contributed by atoms with Gasteiger partial charge in [-0.25, -0.2) is 9.69 Å². The second-order valence-electron chi connectivity index (χ2n) is 6.80. The van der Waals surface area contributed by atoms with Crippen LogP contribution in [0.25, 0.3) is 0 Å². The maximum atomic E-state index is 12.4. The standard InChI is InChI=1S/C19H25N3O4/c1-4-8-15(14-9-6-5-7-10-14)20-16(23)12-22-18(25)17(24)21(19(22)26)11-13(2)3/h5-7,9-10,13,15H,4,8,11-12H2,1-3H3,(H,20,23)/t15-/m0/s1. The molecular weight excluding hydrogens is 334 g/mol. The van der Waals surface area contributed by atoms with Crippen LogP contribution in [0.1, 0.15) is 45.2 Å². The fraction of sp³-hybridized carbons (Fsp3) is 0.474. The van der Waals surface area contributed by atoms with Gasteiger partial charge in [0.05, 0.1) is 6.04 Å². The Bertz CT molecular complexity index is 687. The minimum absolute atomic E-state index is 0.0384. The third-order valence-electron chi connectivity index (χ3n) is 4.10. The van der Waals surface area contributed by atoms with Crippen molar-refractivity contribution < 1.29 is 19.2 Å². The second-order valence-corrected chi connectivity index (χ2v) is 6.80. The van der Waals surface area contributed by atoms with Gasteiger partial charge in [0.1, 0.15) is 6.54 Å². The van der Waals surface area contributed by atoms with Gasteiger partial charge in [-0.3, -0.25) is 19.3 Å². The molecule has 7 heteroatoms. The molecule has 1 N–H and O–H groups in total. The number of imide groups is 2. The molecule has 0 unspecified atom stereocenters. The van der Waals surface area contributed by atoms with E-state index < -0.39 is 30.3 Å². The Morgan fingerprint density at radius 3 is 2.23 bits per heavy atom. The van der Waals surface area contributed by atoms with Crippen LogP contribution in [-0.4, -0.2) is 46.6 Å². The topological polar surface area (TPSA) is 86.8 Å². The number of carbonyl (C=O) groups excluding carboxylic acids is 4. The number of benzene rings is 1. The summed E-state index contributed by atoms with van der Waals surface area (Å²) in [6.07, 6.45) is 1.60. The molecule has 0 spiro atoms. The monoisotopic (exact) mass is 359 g/mol. The maximum Gasteiger partial charge on any atom is 0.334 e. The first-order chi connectivity index (χ1) is 12.3. The summed E-state index contributed by atoms with van der Waals surface area (Å²) in [4.78, 5) is 50.4. The molecule has 0 aliphatic carbocycles. The number of urea groups is 1. The van der Waals surface area contributed by atoms with E-state index in [1.807, 2.05) is 51.1 Å². The van der Waals surface area contributed by atoms with Crippen molar-refractivity contribution in [3.8, 4) is 0 Å². The zero-order valence-corrected chi connectivity index (χ0v) is 15.4. The van der Waals surface area contributed by atoms with Gasteiger partial charge in [0, 0.05) is 6.54 Å². The van der Waals surface area contributed by atoms with E-state index in [0.29, 0.717) is 4.90 Å². The first-order valence-corrected chi connectivity index (χ1v) is 8.86. The van der Waals surface area contributed by atoms with Gasteiger partial charge in [-0.15, -0.1) is 0 Å². The average molecular weight is 359 g/mol. The van der Waals surface area contributed by atoms with Gasteiger partial charge >= 0.3 is 17.8 Å². The molecule has 26 heavy (non-hydrogen) atoms. The Morgan fingerprint density at radius 2 is 1.65 bits per heavy atom. The molecule has 1 saturated heterocycles. The first-order valence-electron chi connectivity index (χ1n) is 8.86. The highest BCUT2D eigenvalue weighted by atomic mass is 16.2. The van der Waals surface area contributed by atoms with Crippen molar-refractivity contribution in [2.24, 2.45) is 5.92 Å². The molecule has 0 saturated carbocycles. The van der Waals surface area contributed by atoms with Crippen LogP contribution < -0.4 is 5.32 Å². The van der Waals surface area contributed by atoms with E-state index in [4.69, 9.17) is 0 Å². The normalized spacial score (nSPS) is 15.8. The summed E-state index contributed by atoms with van der Waals surface area (Å²) < 4.78 is 0. The van der Waals surface area contributed by atoms with Crippen LogP contribution >= 0.6 is 0 Å². The second kappa shape index (κ2) is 8.60. The average Bonchev–Trinajstić information content (AvgIpc) is 2.80. The quantitative estimate of drug-likeness (QED) is 0.569. The van der Waals surface area contributed by atoms with Crippen molar-refractivity contribution in [3.63, 3.8) is 0 Å². The molecule has 140 valence electrons. The predicted octanol–water partition coefficient (Wildman–Crippen LogP) is 2.09. The highest BCUT2D eigenvalue weighted by Gasteiger charge is 2.45. The Kier molecular flexibility index (Phi) is 6.49. The van der Waals surface area contributed by atoms with E-state index in [1.54, 1.807) is 0 Å². The van der Waals surface area contributed by atoms with Crippen LogP contribution in [0.4, 0.5) is 4.79 Å². The van der Waals surface area contributed by atoms with Gasteiger partial charge in [0.15, 0.2) is 0 Å². The van der Waals surface area contributed by atoms with Crippen LogP contribution in [0.15, 0.2) is 30.3 Å². The van der Waals surface area contributed by atoms with Crippen LogP contribution in [0.2, 0.25) is 0 Å². The Morgan fingerprint density at radius 1 is 1.04 bits per heavy atom. The van der Waals surface area contributed by atoms with Gasteiger partial charge in [-0.05, 0) is 17.9 Å². The summed E-state index contributed by atoms with van der Waals surface area (Å²) >= 11 is 0. The van der Waals surface area contributed by atoms with Crippen molar-refractivity contribution in [3.05, 3.63) is 35.9 Å². The summed E-state index contributed by atoms with van der Waals surface area (Å²) in [5, 5.41) is 2.86. The Labute approximate surface area is 153 Å². The van der Waals surface area contributed by atoms with Gasteiger partial charge < -0.3 is 5.32 Å². The Balaban J connectivity index is 2.05. The molecule has 1 aromatic carbocycles. The first kappa shape index (κ1) is 19.6. The molecule has 7 nitrogen and oxygen atoms in total. The lowest BCUT2D eigenvalue weighted by Gasteiger charge is -2.21. The number of hydrogen-bond acceptors (Lipinski definition) is 4. The van der Waals surface area contributed by atoms with Crippen molar-refractivity contribution >= 4 is 23.8 Å². The summed E-state index contributed by atoms with van der Waals surface area (Å²) in [6, 6.07) is 8.58. The third kappa shape index (κ3) is 4.47. The molecule has 1 heterocycles. The van der Waals surface area contributed by atoms with Crippen LogP contribution in [0.3, 0.4) is 0 Å². The fourth-order valence-electron chi connectivity index (χ4n) is 2.90. The number of amides is 5. The van der Waals surface area contributed by atoms with E-state index >= 15 is 0 Å². The third-order valence-corrected chi connectivity index (χ3v) is 4.10. The van der Waals surface area contributed by atoms with Crippen LogP contribution in [0, 0.1) is 5.92 Å². The summed E-state index contributed by atoms with van der Waals surface area (Å²) in [5.74, 6) is -2.24. The number of rotatable bonds is 8. The van der Waals surface area contributed by atoms with Crippen molar-refractivity contribution in [1.82, 2.24) is 15.1 Å². The highest BCUT2D eigenvalue weighted by molar-refractivity contribution is 6.45. The molecule has 0 radical (unpaired) electrons. The van der Waals surface area contributed by atoms with Crippen LogP contribution in [0.5, 0.6) is 0 Å². The summed E-state index contributed by atoms with van der Waals surface area (Å²) in [7, 11) is 0. The molecule has 0 bridgehead atoms. The molecule has 1 aliphatic heterocycles.